The number of hydrogen-bond donors (Lipinski definition) is 4. The molecular formula is C35H50N4O4. The number of aldehydes is 1. The molecule has 0 bridgehead atoms. The van der Waals surface area contributed by atoms with Gasteiger partial charge in [-0.3, -0.25) is 15.0 Å². The molecule has 3 aromatic carbocycles. The number of allylic oxidation sites excluding steroid dienone is 1. The van der Waals surface area contributed by atoms with Gasteiger partial charge in [-0.25, -0.2) is 0 Å². The van der Waals surface area contributed by atoms with Crippen LogP contribution in [0.3, 0.4) is 0 Å². The van der Waals surface area contributed by atoms with Crippen LogP contribution < -0.4 is 16.4 Å². The quantitative estimate of drug-likeness (QED) is 0.121. The average Bonchev–Trinajstić information content (AvgIpc) is 3.02. The molecule has 0 saturated carbocycles. The molecule has 0 radical (unpaired) electrons. The van der Waals surface area contributed by atoms with Crippen molar-refractivity contribution in [2.24, 2.45) is 11.5 Å². The van der Waals surface area contributed by atoms with Crippen molar-refractivity contribution in [1.82, 2.24) is 0 Å². The number of rotatable bonds is 6. The zero-order valence-corrected chi connectivity index (χ0v) is 26.5. The highest BCUT2D eigenvalue weighted by Gasteiger charge is 2.25. The minimum absolute atomic E-state index is 0.0538. The van der Waals surface area contributed by atoms with Gasteiger partial charge in [-0.2, -0.15) is 0 Å². The lowest BCUT2D eigenvalue weighted by Crippen LogP contribution is -2.34. The maximum Gasteiger partial charge on any atom is 0.227 e. The summed E-state index contributed by atoms with van der Waals surface area (Å²) in [7, 11) is 1.00. The van der Waals surface area contributed by atoms with Gasteiger partial charge in [-0.15, -0.1) is 6.58 Å². The number of aliphatic hydroxyl groups is 1. The first kappa shape index (κ1) is 40.6. The Morgan fingerprint density at radius 1 is 0.977 bits per heavy atom. The summed E-state index contributed by atoms with van der Waals surface area (Å²) in [5.41, 5.74) is 16.3. The summed E-state index contributed by atoms with van der Waals surface area (Å²) in [6.07, 6.45) is 5.08. The number of aliphatic hydroxyl groups excluding tert-OH is 1. The van der Waals surface area contributed by atoms with Gasteiger partial charge < -0.3 is 26.3 Å². The van der Waals surface area contributed by atoms with E-state index in [9.17, 15) is 4.79 Å². The third-order valence-electron chi connectivity index (χ3n) is 5.86. The Hall–Kier alpha value is -4.56. The van der Waals surface area contributed by atoms with Gasteiger partial charge in [-0.1, -0.05) is 93.6 Å². The lowest BCUT2D eigenvalue weighted by atomic mass is 9.90. The molecule has 1 aliphatic heterocycles. The van der Waals surface area contributed by atoms with Crippen LogP contribution in [0.4, 0.5) is 5.69 Å². The number of amides is 2. The molecular weight excluding hydrogens is 540 g/mol. The largest absolute Gasteiger partial charge is 0.400 e. The number of primary amides is 1. The molecule has 8 heteroatoms. The SMILES string of the molecule is C=CC.CC.CC(Cc1ccccc1)c1ccc2c(c1)CCC(=O)N2Cc1ccc(C(=N)N)cc1.CC=O.CO.NC=O. The Labute approximate surface area is 257 Å². The Bertz CT molecular complexity index is 1200. The summed E-state index contributed by atoms with van der Waals surface area (Å²) in [6.45, 7) is 13.5. The van der Waals surface area contributed by atoms with Gasteiger partial charge in [0.05, 0.1) is 6.54 Å². The zero-order valence-electron chi connectivity index (χ0n) is 26.5. The molecule has 6 N–H and O–H groups in total. The number of hydrogen-bond acceptors (Lipinski definition) is 5. The van der Waals surface area contributed by atoms with Crippen LogP contribution in [0.25, 0.3) is 0 Å². The van der Waals surface area contributed by atoms with Crippen molar-refractivity contribution in [2.45, 2.75) is 66.3 Å². The van der Waals surface area contributed by atoms with E-state index in [-0.39, 0.29) is 18.2 Å². The lowest BCUT2D eigenvalue weighted by molar-refractivity contribution is -0.119. The number of nitrogens with zero attached hydrogens (tertiary/aromatic N) is 1. The van der Waals surface area contributed by atoms with Crippen LogP contribution in [-0.4, -0.2) is 36.7 Å². The predicted octanol–water partition coefficient (Wildman–Crippen LogP) is 5.93. The molecule has 0 saturated heterocycles. The Balaban J connectivity index is 0. The zero-order chi connectivity index (χ0) is 33.2. The standard InChI is InChI=1S/C26H27N3O.C3H6.C2H4O.C2H6.CH3NO.CH4O/c1-18(15-19-5-3-2-4-6-19)22-11-13-24-23(16-22)12-14-25(30)29(24)17-20-7-9-21(10-8-20)26(27)28;1-3-2;1-2-3;1-2;2-1-3;1-2/h2-11,13,16,18H,12,14-15,17H2,1H3,(H3,27,28);3H,1H2,2H3;2H,1H3;1-2H3;1H,(H2,2,3);2H,1H3. The fourth-order valence-corrected chi connectivity index (χ4v) is 4.12. The molecule has 43 heavy (non-hydrogen) atoms. The van der Waals surface area contributed by atoms with Crippen LogP contribution in [-0.2, 0) is 33.8 Å². The van der Waals surface area contributed by atoms with E-state index in [1.165, 1.54) is 23.6 Å². The summed E-state index contributed by atoms with van der Waals surface area (Å²) >= 11 is 0. The van der Waals surface area contributed by atoms with Crippen LogP contribution in [0, 0.1) is 5.41 Å². The first-order valence-corrected chi connectivity index (χ1v) is 14.2. The number of aryl methyl sites for hydroxylation is 1. The minimum atomic E-state index is 0.0538. The van der Waals surface area contributed by atoms with Gasteiger partial charge in [-0.05, 0) is 60.9 Å². The monoisotopic (exact) mass is 590 g/mol. The van der Waals surface area contributed by atoms with E-state index >= 15 is 0 Å². The smallest absolute Gasteiger partial charge is 0.227 e. The van der Waals surface area contributed by atoms with Crippen molar-refractivity contribution < 1.29 is 19.5 Å². The number of nitrogens with two attached hydrogens (primary N) is 2. The predicted molar refractivity (Wildman–Crippen MR) is 179 cm³/mol. The van der Waals surface area contributed by atoms with Gasteiger partial charge in [0.2, 0.25) is 12.3 Å². The van der Waals surface area contributed by atoms with Gasteiger partial charge in [0, 0.05) is 24.8 Å². The van der Waals surface area contributed by atoms with Crippen molar-refractivity contribution in [3.8, 4) is 0 Å². The molecule has 1 atom stereocenters. The number of amidine groups is 1. The number of carbonyl (C=O) groups is 3. The van der Waals surface area contributed by atoms with Crippen molar-refractivity contribution in [3.63, 3.8) is 0 Å². The van der Waals surface area contributed by atoms with Crippen molar-refractivity contribution in [1.29, 1.82) is 5.41 Å². The van der Waals surface area contributed by atoms with E-state index < -0.39 is 0 Å². The highest BCUT2D eigenvalue weighted by molar-refractivity contribution is 5.97. The van der Waals surface area contributed by atoms with Crippen LogP contribution >= 0.6 is 0 Å². The molecule has 1 unspecified atom stereocenters. The number of nitrogen functional groups attached to an aromatic ring is 1. The number of carbonyl (C=O) groups excluding carboxylic acids is 3. The second kappa shape index (κ2) is 25.2. The third-order valence-corrected chi connectivity index (χ3v) is 5.86. The van der Waals surface area contributed by atoms with E-state index in [0.29, 0.717) is 24.4 Å². The van der Waals surface area contributed by atoms with E-state index in [1.807, 2.05) is 56.0 Å². The molecule has 0 fully saturated rings. The summed E-state index contributed by atoms with van der Waals surface area (Å²) in [4.78, 5) is 31.9. The Morgan fingerprint density at radius 3 is 1.98 bits per heavy atom. The first-order chi connectivity index (χ1) is 20.8. The molecule has 0 aliphatic carbocycles. The van der Waals surface area contributed by atoms with Crippen LogP contribution in [0.5, 0.6) is 0 Å². The number of anilines is 1. The van der Waals surface area contributed by atoms with Gasteiger partial charge in [0.1, 0.15) is 12.1 Å². The van der Waals surface area contributed by atoms with Crippen LogP contribution in [0.15, 0.2) is 85.5 Å². The summed E-state index contributed by atoms with van der Waals surface area (Å²) in [5.74, 6) is 0.629. The van der Waals surface area contributed by atoms with Crippen molar-refractivity contribution in [3.05, 3.63) is 113 Å². The molecule has 0 spiro atoms. The lowest BCUT2D eigenvalue weighted by Gasteiger charge is -2.30. The number of benzene rings is 3. The highest BCUT2D eigenvalue weighted by Crippen LogP contribution is 2.33. The molecule has 0 aromatic heterocycles. The number of nitrogens with one attached hydrogen (secondary N) is 1. The van der Waals surface area contributed by atoms with Gasteiger partial charge in [0.25, 0.3) is 0 Å². The molecule has 3 aromatic rings. The normalized spacial score (nSPS) is 11.1. The van der Waals surface area contributed by atoms with Gasteiger partial charge >= 0.3 is 0 Å². The molecule has 1 aliphatic rings. The summed E-state index contributed by atoms with van der Waals surface area (Å²) in [5, 5.41) is 14.5. The maximum atomic E-state index is 12.7. The molecule has 2 amide bonds. The van der Waals surface area contributed by atoms with E-state index in [4.69, 9.17) is 25.8 Å². The van der Waals surface area contributed by atoms with Crippen molar-refractivity contribution in [2.75, 3.05) is 12.0 Å². The van der Waals surface area contributed by atoms with Gasteiger partial charge in [0.15, 0.2) is 0 Å². The van der Waals surface area contributed by atoms with Crippen molar-refractivity contribution >= 4 is 30.1 Å². The fraction of sp³-hybridized carbons (Fsp3) is 0.314. The average molecular weight is 591 g/mol. The highest BCUT2D eigenvalue weighted by atomic mass is 16.2. The Morgan fingerprint density at radius 2 is 1.49 bits per heavy atom. The second-order valence-corrected chi connectivity index (χ2v) is 8.85. The second-order valence-electron chi connectivity index (χ2n) is 8.85. The van der Waals surface area contributed by atoms with E-state index in [0.717, 1.165) is 37.5 Å². The number of fused-ring (bicyclic) bond motifs is 1. The molecule has 4 rings (SSSR count). The van der Waals surface area contributed by atoms with E-state index in [2.05, 4.69) is 61.7 Å². The van der Waals surface area contributed by atoms with Crippen LogP contribution in [0.2, 0.25) is 0 Å². The van der Waals surface area contributed by atoms with Crippen LogP contribution in [0.1, 0.15) is 74.8 Å². The maximum absolute atomic E-state index is 12.7. The summed E-state index contributed by atoms with van der Waals surface area (Å²) < 4.78 is 0. The third kappa shape index (κ3) is 15.3. The molecule has 8 nitrogen and oxygen atoms in total. The minimum Gasteiger partial charge on any atom is -0.400 e. The summed E-state index contributed by atoms with van der Waals surface area (Å²) in [6, 6.07) is 24.7. The Kier molecular flexibility index (Phi) is 23.8. The molecule has 1 heterocycles. The topological polar surface area (TPSA) is 151 Å². The fourth-order valence-electron chi connectivity index (χ4n) is 4.12. The van der Waals surface area contributed by atoms with E-state index in [1.54, 1.807) is 6.08 Å². The first-order valence-electron chi connectivity index (χ1n) is 14.2. The molecule has 234 valence electrons.